The molecule has 4 rings (SSSR count). The number of nitro groups is 2. The summed E-state index contributed by atoms with van der Waals surface area (Å²) < 4.78 is 6.61. The Kier molecular flexibility index (Phi) is 5.39. The number of carbonyl (C=O) groups excluding carboxylic acids is 2. The third-order valence-corrected chi connectivity index (χ3v) is 4.97. The monoisotopic (exact) mass is 453 g/mol. The lowest BCUT2D eigenvalue weighted by Crippen LogP contribution is -2.46. The first-order chi connectivity index (χ1) is 15.8. The van der Waals surface area contributed by atoms with Crippen molar-refractivity contribution in [2.24, 2.45) is 0 Å². The highest BCUT2D eigenvalue weighted by atomic mass is 16.6. The van der Waals surface area contributed by atoms with E-state index < -0.39 is 45.6 Å². The van der Waals surface area contributed by atoms with Crippen LogP contribution >= 0.6 is 0 Å². The first-order valence-electron chi connectivity index (χ1n) is 9.37. The molecule has 1 aliphatic rings. The van der Waals surface area contributed by atoms with Gasteiger partial charge in [-0.25, -0.2) is 10.0 Å². The van der Waals surface area contributed by atoms with Gasteiger partial charge in [0.1, 0.15) is 30.5 Å². The molecule has 33 heavy (non-hydrogen) atoms. The molecule has 0 radical (unpaired) electrons. The number of nitrogens with zero attached hydrogens (tertiary/aromatic N) is 7. The number of hydrazine groups is 1. The van der Waals surface area contributed by atoms with E-state index in [9.17, 15) is 29.8 Å². The fraction of sp³-hybridized carbons (Fsp3) is 0.158. The van der Waals surface area contributed by atoms with E-state index >= 15 is 0 Å². The molecule has 0 spiro atoms. The molecule has 14 heteroatoms. The van der Waals surface area contributed by atoms with Gasteiger partial charge >= 0.3 is 5.69 Å². The molecule has 168 valence electrons. The molecule has 0 aliphatic carbocycles. The summed E-state index contributed by atoms with van der Waals surface area (Å²) >= 11 is 0. The Morgan fingerprint density at radius 1 is 0.970 bits per heavy atom. The number of nitro benzene ring substituents is 2. The molecule has 1 aromatic heterocycles. The van der Waals surface area contributed by atoms with Crippen molar-refractivity contribution in [2.75, 3.05) is 12.1 Å². The second-order valence-corrected chi connectivity index (χ2v) is 6.86. The first kappa shape index (κ1) is 21.4. The zero-order valence-electron chi connectivity index (χ0n) is 17.0. The van der Waals surface area contributed by atoms with E-state index in [1.54, 1.807) is 24.3 Å². The van der Waals surface area contributed by atoms with Crippen LogP contribution in [0.25, 0.3) is 0 Å². The third kappa shape index (κ3) is 3.80. The van der Waals surface area contributed by atoms with E-state index in [0.29, 0.717) is 11.3 Å². The molecule has 1 saturated heterocycles. The summed E-state index contributed by atoms with van der Waals surface area (Å²) in [7, 11) is 1.49. The van der Waals surface area contributed by atoms with E-state index in [1.165, 1.54) is 24.3 Å². The molecule has 14 nitrogen and oxygen atoms in total. The summed E-state index contributed by atoms with van der Waals surface area (Å²) in [5.41, 5.74) is -0.990. The quantitative estimate of drug-likeness (QED) is 0.294. The van der Waals surface area contributed by atoms with Crippen LogP contribution in [0.2, 0.25) is 0 Å². The van der Waals surface area contributed by atoms with E-state index in [4.69, 9.17) is 4.74 Å². The highest BCUT2D eigenvalue weighted by Gasteiger charge is 2.45. The molecule has 1 unspecified atom stereocenters. The van der Waals surface area contributed by atoms with Crippen molar-refractivity contribution < 1.29 is 24.2 Å². The fourth-order valence-electron chi connectivity index (χ4n) is 3.51. The second kappa shape index (κ2) is 8.33. The Bertz CT molecular complexity index is 1240. The lowest BCUT2D eigenvalue weighted by atomic mass is 10.1. The molecule has 2 heterocycles. The lowest BCUT2D eigenvalue weighted by molar-refractivity contribution is -0.393. The first-order valence-corrected chi connectivity index (χ1v) is 9.37. The number of anilines is 1. The van der Waals surface area contributed by atoms with Crippen LogP contribution in [-0.4, -0.2) is 48.5 Å². The maximum absolute atomic E-state index is 13.0. The van der Waals surface area contributed by atoms with Crippen molar-refractivity contribution in [1.29, 1.82) is 0 Å². The van der Waals surface area contributed by atoms with Gasteiger partial charge in [-0.2, -0.15) is 0 Å². The summed E-state index contributed by atoms with van der Waals surface area (Å²) in [4.78, 5) is 47.0. The zero-order chi connectivity index (χ0) is 23.7. The van der Waals surface area contributed by atoms with Gasteiger partial charge in [0.25, 0.3) is 17.5 Å². The normalized spacial score (nSPS) is 14.5. The van der Waals surface area contributed by atoms with E-state index in [-0.39, 0.29) is 5.69 Å². The molecule has 0 bridgehead atoms. The molecule has 1 fully saturated rings. The van der Waals surface area contributed by atoms with Gasteiger partial charge in [-0.15, -0.1) is 10.2 Å². The Morgan fingerprint density at radius 3 is 2.21 bits per heavy atom. The molecular formula is C19H15N7O7. The predicted octanol–water partition coefficient (Wildman–Crippen LogP) is 1.83. The van der Waals surface area contributed by atoms with Gasteiger partial charge in [0.05, 0.1) is 23.0 Å². The second-order valence-electron chi connectivity index (χ2n) is 6.86. The Morgan fingerprint density at radius 2 is 1.64 bits per heavy atom. The van der Waals surface area contributed by atoms with Gasteiger partial charge in [0.2, 0.25) is 0 Å². The van der Waals surface area contributed by atoms with Gasteiger partial charge in [0.15, 0.2) is 6.17 Å². The number of aromatic nitrogens is 3. The largest absolute Gasteiger partial charge is 0.497 e. The van der Waals surface area contributed by atoms with Gasteiger partial charge in [0, 0.05) is 6.07 Å². The molecule has 3 aromatic rings. The summed E-state index contributed by atoms with van der Waals surface area (Å²) in [6.45, 7) is 0. The molecule has 0 saturated carbocycles. The van der Waals surface area contributed by atoms with Crippen LogP contribution in [0, 0.1) is 20.2 Å². The van der Waals surface area contributed by atoms with Crippen LogP contribution < -0.4 is 9.75 Å². The standard InChI is InChI=1S/C19H15N7O7/c1-33-14-5-2-12(3-6-14)19(22-10-20-21-11-22)24-18(28)9-17(27)23(24)15-7-4-13(25(29)30)8-16(15)26(31)32/h2-8,10-11,19H,9H2,1H3. The Labute approximate surface area is 184 Å². The smallest absolute Gasteiger partial charge is 0.301 e. The maximum Gasteiger partial charge on any atom is 0.301 e. The summed E-state index contributed by atoms with van der Waals surface area (Å²) in [5.74, 6) is -0.821. The summed E-state index contributed by atoms with van der Waals surface area (Å²) in [6, 6.07) is 9.44. The molecule has 1 atom stereocenters. The van der Waals surface area contributed by atoms with Crippen LogP contribution in [0.15, 0.2) is 55.1 Å². The third-order valence-electron chi connectivity index (χ3n) is 4.97. The zero-order valence-corrected chi connectivity index (χ0v) is 17.0. The molecule has 0 N–H and O–H groups in total. The highest BCUT2D eigenvalue weighted by Crippen LogP contribution is 2.39. The molecule has 2 amide bonds. The van der Waals surface area contributed by atoms with Crippen molar-refractivity contribution in [3.63, 3.8) is 0 Å². The number of non-ortho nitro benzene ring substituents is 1. The van der Waals surface area contributed by atoms with Crippen molar-refractivity contribution in [3.8, 4) is 5.75 Å². The van der Waals surface area contributed by atoms with Gasteiger partial charge in [-0.3, -0.25) is 34.4 Å². The maximum atomic E-state index is 13.0. The van der Waals surface area contributed by atoms with Crippen molar-refractivity contribution in [1.82, 2.24) is 19.8 Å². The number of benzene rings is 2. The van der Waals surface area contributed by atoms with Gasteiger partial charge in [-0.1, -0.05) is 12.1 Å². The number of amides is 2. The van der Waals surface area contributed by atoms with Crippen LogP contribution in [0.1, 0.15) is 18.2 Å². The van der Waals surface area contributed by atoms with Crippen LogP contribution in [-0.2, 0) is 9.59 Å². The molecule has 2 aromatic carbocycles. The van der Waals surface area contributed by atoms with Gasteiger partial charge < -0.3 is 4.74 Å². The Hall–Kier alpha value is -4.88. The predicted molar refractivity (Wildman–Crippen MR) is 110 cm³/mol. The topological polar surface area (TPSA) is 167 Å². The summed E-state index contributed by atoms with van der Waals surface area (Å²) in [6.07, 6.45) is 1.11. The molecular weight excluding hydrogens is 438 g/mol. The van der Waals surface area contributed by atoms with Crippen LogP contribution in [0.3, 0.4) is 0 Å². The van der Waals surface area contributed by atoms with Crippen molar-refractivity contribution in [3.05, 3.63) is 80.9 Å². The number of methoxy groups -OCH3 is 1. The number of hydrogen-bond acceptors (Lipinski definition) is 9. The fourth-order valence-corrected chi connectivity index (χ4v) is 3.51. The van der Waals surface area contributed by atoms with Crippen molar-refractivity contribution in [2.45, 2.75) is 12.6 Å². The van der Waals surface area contributed by atoms with E-state index in [2.05, 4.69) is 10.2 Å². The number of ether oxygens (including phenoxy) is 1. The number of rotatable bonds is 7. The average Bonchev–Trinajstić information content (AvgIpc) is 3.42. The van der Waals surface area contributed by atoms with E-state index in [0.717, 1.165) is 28.2 Å². The number of hydrogen-bond donors (Lipinski definition) is 0. The van der Waals surface area contributed by atoms with Crippen molar-refractivity contribution >= 4 is 28.9 Å². The minimum Gasteiger partial charge on any atom is -0.497 e. The minimum absolute atomic E-state index is 0.284. The van der Waals surface area contributed by atoms with Crippen LogP contribution in [0.4, 0.5) is 17.1 Å². The minimum atomic E-state index is -0.986. The number of carbonyl (C=O) groups is 2. The van der Waals surface area contributed by atoms with Gasteiger partial charge in [-0.05, 0) is 23.8 Å². The van der Waals surface area contributed by atoms with Crippen LogP contribution in [0.5, 0.6) is 5.75 Å². The average molecular weight is 453 g/mol. The van der Waals surface area contributed by atoms with E-state index in [1.807, 2.05) is 0 Å². The summed E-state index contributed by atoms with van der Waals surface area (Å²) in [5, 5.41) is 32.2. The Balaban J connectivity index is 1.88. The lowest BCUT2D eigenvalue weighted by Gasteiger charge is -2.35. The highest BCUT2D eigenvalue weighted by molar-refractivity contribution is 6.12. The SMILES string of the molecule is COc1ccc(C(N2C(=O)CC(=O)N2c2ccc([N+](=O)[O-])cc2[N+](=O)[O-])n2cnnc2)cc1. The molecule has 1 aliphatic heterocycles.